The van der Waals surface area contributed by atoms with Crippen LogP contribution < -0.4 is 5.32 Å². The molecule has 0 unspecified atom stereocenters. The average molecular weight is 365 g/mol. The molecule has 0 spiro atoms. The lowest BCUT2D eigenvalue weighted by atomic mass is 10.1. The minimum absolute atomic E-state index is 0.191. The number of benzene rings is 1. The second kappa shape index (κ2) is 6.77. The quantitative estimate of drug-likeness (QED) is 0.823. The predicted molar refractivity (Wildman–Crippen MR) is 76.7 cm³/mol. The molecule has 0 aliphatic carbocycles. The Morgan fingerprint density at radius 1 is 1.12 bits per heavy atom. The summed E-state index contributed by atoms with van der Waals surface area (Å²) in [5, 5.41) is 5.47. The number of rotatable bonds is 4. The van der Waals surface area contributed by atoms with Crippen molar-refractivity contribution in [2.75, 3.05) is 5.32 Å². The zero-order valence-corrected chi connectivity index (χ0v) is 12.9. The highest BCUT2D eigenvalue weighted by Gasteiger charge is 2.35. The van der Waals surface area contributed by atoms with Gasteiger partial charge in [0.2, 0.25) is 5.91 Å². The molecule has 0 atom stereocenters. The monoisotopic (exact) mass is 365 g/mol. The Hall–Kier alpha value is -2.52. The first-order valence-electron chi connectivity index (χ1n) is 7.06. The lowest BCUT2D eigenvalue weighted by Gasteiger charge is -2.13. The topological polar surface area (TPSA) is 46.9 Å². The molecule has 0 radical (unpaired) electrons. The van der Waals surface area contributed by atoms with Crippen LogP contribution in [0.4, 0.5) is 32.0 Å². The molecule has 1 N–H and O–H groups in total. The number of halogens is 6. The number of nitrogens with one attached hydrogen (secondary N) is 1. The minimum Gasteiger partial charge on any atom is -0.325 e. The van der Waals surface area contributed by atoms with Gasteiger partial charge >= 0.3 is 12.4 Å². The van der Waals surface area contributed by atoms with E-state index in [2.05, 4.69) is 10.4 Å². The molecule has 25 heavy (non-hydrogen) atoms. The van der Waals surface area contributed by atoms with Crippen LogP contribution >= 0.6 is 0 Å². The average Bonchev–Trinajstić information content (AvgIpc) is 2.86. The number of amides is 1. The van der Waals surface area contributed by atoms with Crippen molar-refractivity contribution >= 4 is 11.6 Å². The van der Waals surface area contributed by atoms with Gasteiger partial charge in [-0.15, -0.1) is 0 Å². The SMILES string of the molecule is Cc1cc(C(F)(F)F)nn1CCC(=O)Nc1ccccc1C(F)(F)F. The van der Waals surface area contributed by atoms with Crippen molar-refractivity contribution in [3.63, 3.8) is 0 Å². The molecule has 4 nitrogen and oxygen atoms in total. The van der Waals surface area contributed by atoms with Crippen molar-refractivity contribution in [1.29, 1.82) is 0 Å². The second-order valence-corrected chi connectivity index (χ2v) is 5.23. The van der Waals surface area contributed by atoms with Gasteiger partial charge in [-0.1, -0.05) is 12.1 Å². The van der Waals surface area contributed by atoms with Gasteiger partial charge in [0.25, 0.3) is 0 Å². The molecule has 136 valence electrons. The molecule has 0 saturated heterocycles. The van der Waals surface area contributed by atoms with Gasteiger partial charge in [0.05, 0.1) is 11.3 Å². The van der Waals surface area contributed by atoms with Crippen LogP contribution in [-0.4, -0.2) is 15.7 Å². The number of anilines is 1. The van der Waals surface area contributed by atoms with Crippen molar-refractivity contribution in [3.8, 4) is 0 Å². The van der Waals surface area contributed by atoms with Crippen LogP contribution in [0, 0.1) is 6.92 Å². The molecule has 2 aromatic rings. The number of hydrogen-bond acceptors (Lipinski definition) is 2. The van der Waals surface area contributed by atoms with Crippen LogP contribution in [0.15, 0.2) is 30.3 Å². The largest absolute Gasteiger partial charge is 0.435 e. The molecular weight excluding hydrogens is 352 g/mol. The van der Waals surface area contributed by atoms with E-state index < -0.39 is 35.2 Å². The summed E-state index contributed by atoms with van der Waals surface area (Å²) in [5.74, 6) is -0.764. The van der Waals surface area contributed by atoms with E-state index in [1.807, 2.05) is 0 Å². The van der Waals surface area contributed by atoms with Crippen LogP contribution in [0.25, 0.3) is 0 Å². The van der Waals surface area contributed by atoms with Crippen LogP contribution in [-0.2, 0) is 23.7 Å². The summed E-state index contributed by atoms with van der Waals surface area (Å²) in [5.41, 5.74) is -2.31. The Labute approximate surface area is 138 Å². The summed E-state index contributed by atoms with van der Waals surface area (Å²) in [6.07, 6.45) is -9.57. The van der Waals surface area contributed by atoms with Gasteiger partial charge < -0.3 is 5.32 Å². The summed E-state index contributed by atoms with van der Waals surface area (Å²) in [7, 11) is 0. The van der Waals surface area contributed by atoms with Gasteiger partial charge in [-0.2, -0.15) is 31.4 Å². The van der Waals surface area contributed by atoms with Gasteiger partial charge in [0.1, 0.15) is 0 Å². The van der Waals surface area contributed by atoms with Crippen molar-refractivity contribution in [2.24, 2.45) is 0 Å². The number of hydrogen-bond donors (Lipinski definition) is 1. The molecule has 10 heteroatoms. The van der Waals surface area contributed by atoms with Crippen molar-refractivity contribution in [1.82, 2.24) is 9.78 Å². The molecular formula is C15H13F6N3O. The number of alkyl halides is 6. The zero-order valence-electron chi connectivity index (χ0n) is 12.9. The number of para-hydroxylation sites is 1. The summed E-state index contributed by atoms with van der Waals surface area (Å²) in [6, 6.07) is 5.27. The lowest BCUT2D eigenvalue weighted by molar-refractivity contribution is -0.141. The number of carbonyl (C=O) groups excluding carboxylic acids is 1. The lowest BCUT2D eigenvalue weighted by Crippen LogP contribution is -2.18. The Bertz CT molecular complexity index is 763. The second-order valence-electron chi connectivity index (χ2n) is 5.23. The summed E-state index contributed by atoms with van der Waals surface area (Å²) in [4.78, 5) is 11.8. The van der Waals surface area contributed by atoms with E-state index in [1.165, 1.54) is 19.1 Å². The van der Waals surface area contributed by atoms with Crippen molar-refractivity contribution in [3.05, 3.63) is 47.3 Å². The van der Waals surface area contributed by atoms with E-state index in [9.17, 15) is 31.1 Å². The zero-order chi connectivity index (χ0) is 18.8. The predicted octanol–water partition coefficient (Wildman–Crippen LogP) is 4.26. The molecule has 0 fully saturated rings. The third-order valence-electron chi connectivity index (χ3n) is 3.33. The summed E-state index contributed by atoms with van der Waals surface area (Å²) < 4.78 is 77.2. The Balaban J connectivity index is 2.04. The van der Waals surface area contributed by atoms with E-state index in [1.54, 1.807) is 0 Å². The van der Waals surface area contributed by atoms with E-state index in [4.69, 9.17) is 0 Å². The molecule has 1 heterocycles. The smallest absolute Gasteiger partial charge is 0.325 e. The van der Waals surface area contributed by atoms with Crippen LogP contribution in [0.3, 0.4) is 0 Å². The first-order valence-corrected chi connectivity index (χ1v) is 7.06. The molecule has 1 amide bonds. The number of aromatic nitrogens is 2. The molecule has 1 aromatic heterocycles. The minimum atomic E-state index is -4.63. The molecule has 0 saturated carbocycles. The maximum absolute atomic E-state index is 12.8. The first-order chi connectivity index (χ1) is 11.5. The van der Waals surface area contributed by atoms with E-state index in [0.29, 0.717) is 0 Å². The summed E-state index contributed by atoms with van der Waals surface area (Å²) >= 11 is 0. The Morgan fingerprint density at radius 2 is 1.76 bits per heavy atom. The van der Waals surface area contributed by atoms with E-state index in [-0.39, 0.29) is 18.7 Å². The van der Waals surface area contributed by atoms with Gasteiger partial charge in [-0.3, -0.25) is 9.48 Å². The number of aryl methyl sites for hydroxylation is 2. The Morgan fingerprint density at radius 3 is 2.32 bits per heavy atom. The normalized spacial score (nSPS) is 12.3. The van der Waals surface area contributed by atoms with Gasteiger partial charge in [-0.25, -0.2) is 0 Å². The highest BCUT2D eigenvalue weighted by Crippen LogP contribution is 2.34. The highest BCUT2D eigenvalue weighted by molar-refractivity contribution is 5.91. The fourth-order valence-corrected chi connectivity index (χ4v) is 2.13. The van der Waals surface area contributed by atoms with Crippen LogP contribution in [0.5, 0.6) is 0 Å². The molecule has 0 bridgehead atoms. The fourth-order valence-electron chi connectivity index (χ4n) is 2.13. The third-order valence-corrected chi connectivity index (χ3v) is 3.33. The van der Waals surface area contributed by atoms with E-state index in [0.717, 1.165) is 22.9 Å². The maximum Gasteiger partial charge on any atom is 0.435 e. The third kappa shape index (κ3) is 4.74. The Kier molecular flexibility index (Phi) is 5.09. The number of carbonyl (C=O) groups is 1. The van der Waals surface area contributed by atoms with Crippen LogP contribution in [0.1, 0.15) is 23.4 Å². The van der Waals surface area contributed by atoms with E-state index >= 15 is 0 Å². The summed E-state index contributed by atoms with van der Waals surface area (Å²) in [6.45, 7) is 1.20. The maximum atomic E-state index is 12.8. The molecule has 1 aromatic carbocycles. The standard InChI is InChI=1S/C15H13F6N3O/c1-9-8-12(15(19,20)21)23-24(9)7-6-13(25)22-11-5-3-2-4-10(11)14(16,17)18/h2-5,8H,6-7H2,1H3,(H,22,25). The fraction of sp³-hybridized carbons (Fsp3) is 0.333. The van der Waals surface area contributed by atoms with Gasteiger partial charge in [0, 0.05) is 18.7 Å². The van der Waals surface area contributed by atoms with Gasteiger partial charge in [0.15, 0.2) is 5.69 Å². The van der Waals surface area contributed by atoms with Gasteiger partial charge in [-0.05, 0) is 25.1 Å². The van der Waals surface area contributed by atoms with Crippen LogP contribution in [0.2, 0.25) is 0 Å². The molecule has 0 aliphatic heterocycles. The number of nitrogens with zero attached hydrogens (tertiary/aromatic N) is 2. The first kappa shape index (κ1) is 18.8. The molecule has 2 rings (SSSR count). The highest BCUT2D eigenvalue weighted by atomic mass is 19.4. The van der Waals surface area contributed by atoms with Crippen molar-refractivity contribution < 1.29 is 31.1 Å². The van der Waals surface area contributed by atoms with Crippen molar-refractivity contribution in [2.45, 2.75) is 32.2 Å². The molecule has 0 aliphatic rings.